The highest BCUT2D eigenvalue weighted by atomic mass is 32.2. The summed E-state index contributed by atoms with van der Waals surface area (Å²) in [7, 11) is -3.51. The molecule has 0 heterocycles. The molecule has 1 aromatic carbocycles. The Morgan fingerprint density at radius 2 is 1.95 bits per heavy atom. The van der Waals surface area contributed by atoms with Gasteiger partial charge in [-0.05, 0) is 23.8 Å². The first-order valence-corrected chi connectivity index (χ1v) is 7.37. The fraction of sp³-hybridized carbons (Fsp3) is 0.308. The number of hydrogen-bond donors (Lipinski definition) is 1. The molecule has 6 heteroatoms. The quantitative estimate of drug-likeness (QED) is 0.808. The van der Waals surface area contributed by atoms with Crippen molar-refractivity contribution in [3.63, 3.8) is 0 Å². The zero-order valence-electron chi connectivity index (χ0n) is 10.9. The monoisotopic (exact) mass is 283 g/mol. The van der Waals surface area contributed by atoms with Crippen LogP contribution in [-0.2, 0) is 14.8 Å². The van der Waals surface area contributed by atoms with Crippen LogP contribution in [0, 0.1) is 0 Å². The summed E-state index contributed by atoms with van der Waals surface area (Å²) in [4.78, 5) is 10.6. The van der Waals surface area contributed by atoms with Gasteiger partial charge in [-0.25, -0.2) is 13.2 Å². The molecule has 0 bridgehead atoms. The molecule has 1 rings (SSSR count). The van der Waals surface area contributed by atoms with Crippen LogP contribution in [0.4, 0.5) is 0 Å². The Bertz CT molecular complexity index is 574. The molecule has 1 aromatic rings. The lowest BCUT2D eigenvalue weighted by molar-refractivity contribution is -0.131. The van der Waals surface area contributed by atoms with Crippen molar-refractivity contribution < 1.29 is 18.3 Å². The normalized spacial score (nSPS) is 12.2. The average molecular weight is 283 g/mol. The highest BCUT2D eigenvalue weighted by molar-refractivity contribution is 7.89. The Balaban J connectivity index is 3.15. The van der Waals surface area contributed by atoms with Crippen molar-refractivity contribution in [3.8, 4) is 0 Å². The van der Waals surface area contributed by atoms with Crippen molar-refractivity contribution in [2.24, 2.45) is 0 Å². The Morgan fingerprint density at radius 1 is 1.32 bits per heavy atom. The zero-order chi connectivity index (χ0) is 14.5. The minimum absolute atomic E-state index is 0.170. The predicted octanol–water partition coefficient (Wildman–Crippen LogP) is 1.81. The summed E-state index contributed by atoms with van der Waals surface area (Å²) in [6.07, 6.45) is 2.34. The second-order valence-corrected chi connectivity index (χ2v) is 5.77. The van der Waals surface area contributed by atoms with Gasteiger partial charge in [-0.2, -0.15) is 4.31 Å². The number of carboxylic acid groups (broad SMARTS) is 1. The van der Waals surface area contributed by atoms with E-state index in [0.717, 1.165) is 6.08 Å². The first kappa shape index (κ1) is 15.4. The van der Waals surface area contributed by atoms with Crippen LogP contribution in [0.25, 0.3) is 6.08 Å². The second kappa shape index (κ2) is 6.49. The van der Waals surface area contributed by atoms with Gasteiger partial charge in [-0.3, -0.25) is 0 Å². The summed E-state index contributed by atoms with van der Waals surface area (Å²) in [6, 6.07) is 6.22. The summed E-state index contributed by atoms with van der Waals surface area (Å²) in [5.74, 6) is -1.07. The van der Waals surface area contributed by atoms with E-state index >= 15 is 0 Å². The molecule has 0 radical (unpaired) electrons. The molecule has 0 aliphatic heterocycles. The molecule has 5 nitrogen and oxygen atoms in total. The van der Waals surface area contributed by atoms with E-state index < -0.39 is 16.0 Å². The first-order chi connectivity index (χ1) is 8.91. The number of rotatable bonds is 6. The minimum Gasteiger partial charge on any atom is -0.478 e. The maximum absolute atomic E-state index is 12.3. The standard InChI is InChI=1S/C13H17NO4S/c1-3-14(4-2)19(17,18)12-7-5-6-11(10-12)8-9-13(15)16/h5-10H,3-4H2,1-2H3,(H,15,16). The van der Waals surface area contributed by atoms with Crippen LogP contribution in [0.3, 0.4) is 0 Å². The fourth-order valence-electron chi connectivity index (χ4n) is 1.66. The number of carboxylic acids is 1. The SMILES string of the molecule is CCN(CC)S(=O)(=O)c1cccc(C=CC(=O)O)c1. The Kier molecular flexibility index (Phi) is 5.26. The van der Waals surface area contributed by atoms with Crippen molar-refractivity contribution in [1.82, 2.24) is 4.31 Å². The van der Waals surface area contributed by atoms with Crippen LogP contribution in [0.5, 0.6) is 0 Å². The van der Waals surface area contributed by atoms with Crippen LogP contribution in [0.2, 0.25) is 0 Å². The van der Waals surface area contributed by atoms with Crippen LogP contribution < -0.4 is 0 Å². The maximum Gasteiger partial charge on any atom is 0.328 e. The summed E-state index contributed by atoms with van der Waals surface area (Å²) >= 11 is 0. The summed E-state index contributed by atoms with van der Waals surface area (Å²) in [6.45, 7) is 4.34. The molecule has 104 valence electrons. The third kappa shape index (κ3) is 3.90. The summed E-state index contributed by atoms with van der Waals surface area (Å²) in [5, 5.41) is 8.56. The molecular weight excluding hydrogens is 266 g/mol. The van der Waals surface area contributed by atoms with Gasteiger partial charge in [0.15, 0.2) is 0 Å². The van der Waals surface area contributed by atoms with Crippen molar-refractivity contribution in [2.75, 3.05) is 13.1 Å². The third-order valence-electron chi connectivity index (χ3n) is 2.62. The number of hydrogen-bond acceptors (Lipinski definition) is 3. The molecule has 19 heavy (non-hydrogen) atoms. The molecular formula is C13H17NO4S. The first-order valence-electron chi connectivity index (χ1n) is 5.93. The molecule has 0 atom stereocenters. The van der Waals surface area contributed by atoms with Gasteiger partial charge < -0.3 is 5.11 Å². The number of benzene rings is 1. The zero-order valence-corrected chi connectivity index (χ0v) is 11.7. The topological polar surface area (TPSA) is 74.7 Å². The lowest BCUT2D eigenvalue weighted by atomic mass is 10.2. The summed E-state index contributed by atoms with van der Waals surface area (Å²) < 4.78 is 25.9. The molecule has 1 N–H and O–H groups in total. The van der Waals surface area contributed by atoms with E-state index in [1.165, 1.54) is 22.5 Å². The lowest BCUT2D eigenvalue weighted by Crippen LogP contribution is -2.30. The van der Waals surface area contributed by atoms with Crippen molar-refractivity contribution in [2.45, 2.75) is 18.7 Å². The van der Waals surface area contributed by atoms with Gasteiger partial charge in [0.05, 0.1) is 4.90 Å². The molecule has 0 saturated carbocycles. The molecule has 0 saturated heterocycles. The molecule has 0 aromatic heterocycles. The van der Waals surface area contributed by atoms with Gasteiger partial charge in [0.1, 0.15) is 0 Å². The fourth-order valence-corrected chi connectivity index (χ4v) is 3.17. The van der Waals surface area contributed by atoms with Crippen molar-refractivity contribution in [3.05, 3.63) is 35.9 Å². The van der Waals surface area contributed by atoms with Crippen LogP contribution in [0.15, 0.2) is 35.2 Å². The molecule has 0 fully saturated rings. The third-order valence-corrected chi connectivity index (χ3v) is 4.67. The van der Waals surface area contributed by atoms with E-state index in [-0.39, 0.29) is 4.90 Å². The molecule has 0 unspecified atom stereocenters. The number of nitrogens with zero attached hydrogens (tertiary/aromatic N) is 1. The Morgan fingerprint density at radius 3 is 2.47 bits per heavy atom. The van der Waals surface area contributed by atoms with Crippen LogP contribution >= 0.6 is 0 Å². The molecule has 0 aliphatic carbocycles. The highest BCUT2D eigenvalue weighted by Gasteiger charge is 2.21. The van der Waals surface area contributed by atoms with E-state index in [1.807, 2.05) is 0 Å². The van der Waals surface area contributed by atoms with Crippen LogP contribution in [0.1, 0.15) is 19.4 Å². The van der Waals surface area contributed by atoms with Gasteiger partial charge in [-0.15, -0.1) is 0 Å². The number of aliphatic carboxylic acids is 1. The van der Waals surface area contributed by atoms with Gasteiger partial charge in [-0.1, -0.05) is 26.0 Å². The number of sulfonamides is 1. The molecule has 0 spiro atoms. The van der Waals surface area contributed by atoms with Gasteiger partial charge in [0, 0.05) is 19.2 Å². The Hall–Kier alpha value is -1.66. The molecule has 0 amide bonds. The average Bonchev–Trinajstić information content (AvgIpc) is 2.38. The second-order valence-electron chi connectivity index (χ2n) is 3.83. The van der Waals surface area contributed by atoms with E-state index in [1.54, 1.807) is 26.0 Å². The van der Waals surface area contributed by atoms with Gasteiger partial charge >= 0.3 is 5.97 Å². The van der Waals surface area contributed by atoms with E-state index in [4.69, 9.17) is 5.11 Å². The lowest BCUT2D eigenvalue weighted by Gasteiger charge is -2.18. The van der Waals surface area contributed by atoms with E-state index in [9.17, 15) is 13.2 Å². The minimum atomic E-state index is -3.51. The molecule has 0 aliphatic rings. The van der Waals surface area contributed by atoms with Gasteiger partial charge in [0.2, 0.25) is 10.0 Å². The highest BCUT2D eigenvalue weighted by Crippen LogP contribution is 2.17. The predicted molar refractivity (Wildman–Crippen MR) is 73.2 cm³/mol. The van der Waals surface area contributed by atoms with E-state index in [0.29, 0.717) is 18.7 Å². The largest absolute Gasteiger partial charge is 0.478 e. The van der Waals surface area contributed by atoms with E-state index in [2.05, 4.69) is 0 Å². The number of carbonyl (C=O) groups is 1. The maximum atomic E-state index is 12.3. The smallest absolute Gasteiger partial charge is 0.328 e. The summed E-state index contributed by atoms with van der Waals surface area (Å²) in [5.41, 5.74) is 0.538. The Labute approximate surface area is 113 Å². The van der Waals surface area contributed by atoms with Gasteiger partial charge in [0.25, 0.3) is 0 Å². The van der Waals surface area contributed by atoms with Crippen molar-refractivity contribution >= 4 is 22.1 Å². The van der Waals surface area contributed by atoms with Crippen LogP contribution in [-0.4, -0.2) is 36.9 Å². The van der Waals surface area contributed by atoms with Crippen molar-refractivity contribution in [1.29, 1.82) is 0 Å².